The van der Waals surface area contributed by atoms with Crippen LogP contribution in [-0.4, -0.2) is 17.5 Å². The van der Waals surface area contributed by atoms with Crippen LogP contribution in [0.15, 0.2) is 47.0 Å². The molecular formula is C21H17Cl2N3O3. The number of nitriles is 1. The first-order valence-corrected chi connectivity index (χ1v) is 9.62. The van der Waals surface area contributed by atoms with Gasteiger partial charge in [-0.25, -0.2) is 4.98 Å². The van der Waals surface area contributed by atoms with Gasteiger partial charge in [-0.1, -0.05) is 23.2 Å². The molecule has 1 N–H and O–H groups in total. The number of anilines is 1. The molecule has 6 nitrogen and oxygen atoms in total. The number of oxazole rings is 1. The summed E-state index contributed by atoms with van der Waals surface area (Å²) in [6.07, 6.45) is 2.02. The van der Waals surface area contributed by atoms with E-state index in [0.717, 1.165) is 0 Å². The highest BCUT2D eigenvalue weighted by Crippen LogP contribution is 2.31. The van der Waals surface area contributed by atoms with Crippen molar-refractivity contribution in [2.24, 2.45) is 0 Å². The summed E-state index contributed by atoms with van der Waals surface area (Å²) in [5.41, 5.74) is 1.56. The highest BCUT2D eigenvalue weighted by Gasteiger charge is 2.13. The monoisotopic (exact) mass is 429 g/mol. The molecule has 1 amide bonds. The predicted octanol–water partition coefficient (Wildman–Crippen LogP) is 5.49. The number of amides is 1. The van der Waals surface area contributed by atoms with Crippen LogP contribution in [0.5, 0.6) is 5.75 Å². The average Bonchev–Trinajstić information content (AvgIpc) is 3.16. The Balaban J connectivity index is 1.65. The highest BCUT2D eigenvalue weighted by atomic mass is 35.5. The molecule has 1 heterocycles. The number of carbonyl (C=O) groups is 1. The first-order valence-electron chi connectivity index (χ1n) is 8.87. The molecule has 0 atom stereocenters. The lowest BCUT2D eigenvalue weighted by Gasteiger charge is -2.11. The van der Waals surface area contributed by atoms with Gasteiger partial charge in [0.25, 0.3) is 0 Å². The smallest absolute Gasteiger partial charge is 0.224 e. The Kier molecular flexibility index (Phi) is 6.76. The van der Waals surface area contributed by atoms with Crippen LogP contribution in [0.25, 0.3) is 11.3 Å². The second-order valence-electron chi connectivity index (χ2n) is 6.05. The van der Waals surface area contributed by atoms with Crippen LogP contribution in [0.2, 0.25) is 10.0 Å². The van der Waals surface area contributed by atoms with Gasteiger partial charge in [-0.2, -0.15) is 5.26 Å². The molecule has 0 aliphatic carbocycles. The van der Waals surface area contributed by atoms with E-state index in [1.165, 1.54) is 0 Å². The molecular weight excluding hydrogens is 413 g/mol. The number of aryl methyl sites for hydroxylation is 1. The molecule has 3 aromatic rings. The third kappa shape index (κ3) is 5.29. The van der Waals surface area contributed by atoms with E-state index in [9.17, 15) is 4.79 Å². The maximum atomic E-state index is 12.4. The topological polar surface area (TPSA) is 88.1 Å². The number of ether oxygens (including phenoxy) is 1. The van der Waals surface area contributed by atoms with Gasteiger partial charge in [0.2, 0.25) is 5.91 Å². The van der Waals surface area contributed by atoms with Gasteiger partial charge in [-0.15, -0.1) is 0 Å². The zero-order chi connectivity index (χ0) is 20.8. The lowest BCUT2D eigenvalue weighted by molar-refractivity contribution is -0.116. The van der Waals surface area contributed by atoms with Crippen LogP contribution in [-0.2, 0) is 11.2 Å². The molecule has 0 unspecified atom stereocenters. The lowest BCUT2D eigenvalue weighted by atomic mass is 10.2. The van der Waals surface area contributed by atoms with Gasteiger partial charge in [-0.3, -0.25) is 4.79 Å². The summed E-state index contributed by atoms with van der Waals surface area (Å²) in [7, 11) is 0. The second-order valence-corrected chi connectivity index (χ2v) is 6.89. The molecule has 8 heteroatoms. The largest absolute Gasteiger partial charge is 0.492 e. The van der Waals surface area contributed by atoms with E-state index in [1.54, 1.807) is 42.6 Å². The van der Waals surface area contributed by atoms with Gasteiger partial charge in [0, 0.05) is 23.4 Å². The Morgan fingerprint density at radius 2 is 2.10 bits per heavy atom. The quantitative estimate of drug-likeness (QED) is 0.536. The number of halogens is 2. The van der Waals surface area contributed by atoms with Gasteiger partial charge in [0.1, 0.15) is 5.75 Å². The number of benzene rings is 2. The Labute approximate surface area is 178 Å². The van der Waals surface area contributed by atoms with Crippen LogP contribution < -0.4 is 10.1 Å². The molecule has 0 saturated heterocycles. The van der Waals surface area contributed by atoms with Gasteiger partial charge in [0.15, 0.2) is 11.7 Å². The highest BCUT2D eigenvalue weighted by molar-refractivity contribution is 6.36. The Bertz CT molecular complexity index is 1070. The van der Waals surface area contributed by atoms with E-state index in [-0.39, 0.29) is 12.3 Å². The fourth-order valence-corrected chi connectivity index (χ4v) is 3.15. The summed E-state index contributed by atoms with van der Waals surface area (Å²) >= 11 is 12.1. The standard InChI is InChI=1S/C21H17Cl2N3O3/c1-2-28-18-6-3-13(11-24)9-17(18)26-20(27)7-8-21-25-12-19(29-21)15-5-4-14(22)10-16(15)23/h3-6,9-10,12H,2,7-8H2,1H3,(H,26,27). The minimum absolute atomic E-state index is 0.149. The molecule has 0 fully saturated rings. The van der Waals surface area contributed by atoms with Gasteiger partial charge >= 0.3 is 0 Å². The van der Waals surface area contributed by atoms with Crippen molar-refractivity contribution in [3.05, 3.63) is 64.1 Å². The maximum absolute atomic E-state index is 12.4. The Hall–Kier alpha value is -3.01. The molecule has 2 aromatic carbocycles. The molecule has 1 aromatic heterocycles. The average molecular weight is 430 g/mol. The van der Waals surface area contributed by atoms with E-state index in [4.69, 9.17) is 37.6 Å². The fourth-order valence-electron chi connectivity index (χ4n) is 2.65. The maximum Gasteiger partial charge on any atom is 0.224 e. The van der Waals surface area contributed by atoms with Crippen LogP contribution in [0.3, 0.4) is 0 Å². The zero-order valence-corrected chi connectivity index (χ0v) is 17.0. The minimum Gasteiger partial charge on any atom is -0.492 e. The number of carbonyl (C=O) groups excluding carboxylic acids is 1. The van der Waals surface area contributed by atoms with Crippen LogP contribution in [0, 0.1) is 11.3 Å². The molecule has 3 rings (SSSR count). The number of nitrogens with zero attached hydrogens (tertiary/aromatic N) is 2. The minimum atomic E-state index is -0.245. The third-order valence-corrected chi connectivity index (χ3v) is 4.55. The van der Waals surface area contributed by atoms with Crippen molar-refractivity contribution in [2.75, 3.05) is 11.9 Å². The van der Waals surface area contributed by atoms with Gasteiger partial charge < -0.3 is 14.5 Å². The Morgan fingerprint density at radius 1 is 1.28 bits per heavy atom. The second kappa shape index (κ2) is 9.46. The summed E-state index contributed by atoms with van der Waals surface area (Å²) in [5, 5.41) is 12.8. The zero-order valence-electron chi connectivity index (χ0n) is 15.5. The molecule has 0 bridgehead atoms. The van der Waals surface area contributed by atoms with Crippen molar-refractivity contribution < 1.29 is 13.9 Å². The molecule has 0 spiro atoms. The predicted molar refractivity (Wildman–Crippen MR) is 111 cm³/mol. The van der Waals surface area contributed by atoms with Crippen LogP contribution >= 0.6 is 23.2 Å². The van der Waals surface area contributed by atoms with E-state index in [1.807, 2.05) is 13.0 Å². The molecule has 0 aliphatic heterocycles. The molecule has 148 valence electrons. The van der Waals surface area contributed by atoms with E-state index in [2.05, 4.69) is 10.3 Å². The van der Waals surface area contributed by atoms with Crippen LogP contribution in [0.4, 0.5) is 5.69 Å². The van der Waals surface area contributed by atoms with Crippen molar-refractivity contribution in [1.82, 2.24) is 4.98 Å². The molecule has 0 radical (unpaired) electrons. The van der Waals surface area contributed by atoms with Crippen LogP contribution in [0.1, 0.15) is 24.8 Å². The molecule has 29 heavy (non-hydrogen) atoms. The van der Waals surface area contributed by atoms with E-state index in [0.29, 0.717) is 57.3 Å². The number of hydrogen-bond donors (Lipinski definition) is 1. The number of hydrogen-bond acceptors (Lipinski definition) is 5. The summed E-state index contributed by atoms with van der Waals surface area (Å²) in [6.45, 7) is 2.29. The molecule has 0 saturated carbocycles. The first-order chi connectivity index (χ1) is 14.0. The summed E-state index contributed by atoms with van der Waals surface area (Å²) in [6, 6.07) is 12.0. The van der Waals surface area contributed by atoms with E-state index < -0.39 is 0 Å². The van der Waals surface area contributed by atoms with E-state index >= 15 is 0 Å². The van der Waals surface area contributed by atoms with Crippen molar-refractivity contribution in [3.8, 4) is 23.1 Å². The van der Waals surface area contributed by atoms with Crippen molar-refractivity contribution >= 4 is 34.8 Å². The number of rotatable bonds is 7. The fraction of sp³-hybridized carbons (Fsp3) is 0.190. The van der Waals surface area contributed by atoms with Gasteiger partial charge in [-0.05, 0) is 43.3 Å². The SMILES string of the molecule is CCOc1ccc(C#N)cc1NC(=O)CCc1ncc(-c2ccc(Cl)cc2Cl)o1. The normalized spacial score (nSPS) is 10.4. The Morgan fingerprint density at radius 3 is 2.83 bits per heavy atom. The third-order valence-electron chi connectivity index (χ3n) is 4.00. The van der Waals surface area contributed by atoms with Crippen molar-refractivity contribution in [2.45, 2.75) is 19.8 Å². The van der Waals surface area contributed by atoms with Crippen molar-refractivity contribution in [1.29, 1.82) is 5.26 Å². The number of nitrogens with one attached hydrogen (secondary N) is 1. The lowest BCUT2D eigenvalue weighted by Crippen LogP contribution is -2.13. The van der Waals surface area contributed by atoms with Gasteiger partial charge in [0.05, 0.1) is 35.1 Å². The summed E-state index contributed by atoms with van der Waals surface area (Å²) in [4.78, 5) is 16.6. The van der Waals surface area contributed by atoms with Crippen molar-refractivity contribution in [3.63, 3.8) is 0 Å². The summed E-state index contributed by atoms with van der Waals surface area (Å²) < 4.78 is 11.2. The molecule has 0 aliphatic rings. The number of aromatic nitrogens is 1. The summed E-state index contributed by atoms with van der Waals surface area (Å²) in [5.74, 6) is 1.18. The first kappa shape index (κ1) is 20.7.